The van der Waals surface area contributed by atoms with E-state index in [4.69, 9.17) is 0 Å². The average Bonchev–Trinajstić information content (AvgIpc) is 2.87. The molecule has 116 valence electrons. The number of aliphatic carboxylic acids is 1. The molecular formula is C13H15F2NO4S. The lowest BCUT2D eigenvalue weighted by atomic mass is 9.95. The van der Waals surface area contributed by atoms with Crippen molar-refractivity contribution in [3.63, 3.8) is 0 Å². The zero-order valence-electron chi connectivity index (χ0n) is 11.3. The Balaban J connectivity index is 2.58. The third kappa shape index (κ3) is 2.42. The van der Waals surface area contributed by atoms with Crippen LogP contribution in [0.15, 0.2) is 23.1 Å². The lowest BCUT2D eigenvalue weighted by Crippen LogP contribution is -2.52. The first-order chi connectivity index (χ1) is 9.75. The van der Waals surface area contributed by atoms with Gasteiger partial charge in [0, 0.05) is 6.54 Å². The number of hydrogen-bond acceptors (Lipinski definition) is 3. The van der Waals surface area contributed by atoms with Gasteiger partial charge in [-0.05, 0) is 37.5 Å². The van der Waals surface area contributed by atoms with Crippen LogP contribution < -0.4 is 0 Å². The molecule has 1 aliphatic heterocycles. The molecular weight excluding hydrogens is 304 g/mol. The van der Waals surface area contributed by atoms with Gasteiger partial charge in [0.2, 0.25) is 10.0 Å². The Morgan fingerprint density at radius 1 is 1.43 bits per heavy atom. The first-order valence-electron chi connectivity index (χ1n) is 6.47. The molecule has 1 aliphatic rings. The van der Waals surface area contributed by atoms with E-state index in [1.54, 1.807) is 6.92 Å². The number of sulfonamides is 1. The molecule has 0 amide bonds. The Morgan fingerprint density at radius 3 is 2.67 bits per heavy atom. The molecule has 0 radical (unpaired) electrons. The second kappa shape index (κ2) is 5.34. The number of nitrogens with zero attached hydrogens (tertiary/aromatic N) is 1. The van der Waals surface area contributed by atoms with E-state index in [1.807, 2.05) is 0 Å². The molecule has 5 nitrogen and oxygen atoms in total. The van der Waals surface area contributed by atoms with Crippen molar-refractivity contribution < 1.29 is 27.1 Å². The molecule has 21 heavy (non-hydrogen) atoms. The van der Waals surface area contributed by atoms with Crippen molar-refractivity contribution in [2.45, 2.75) is 36.6 Å². The summed E-state index contributed by atoms with van der Waals surface area (Å²) in [6.07, 6.45) is 0.559. The number of carboxylic acid groups (broad SMARTS) is 1. The SMILES string of the molecule is CCC1(C(=O)O)CCCN1S(=O)(=O)c1cc(F)ccc1F. The van der Waals surface area contributed by atoms with Gasteiger partial charge in [-0.25, -0.2) is 17.2 Å². The van der Waals surface area contributed by atoms with Gasteiger partial charge >= 0.3 is 5.97 Å². The minimum absolute atomic E-state index is 0.0293. The highest BCUT2D eigenvalue weighted by Gasteiger charge is 2.52. The van der Waals surface area contributed by atoms with Crippen molar-refractivity contribution in [2.75, 3.05) is 6.54 Å². The fourth-order valence-corrected chi connectivity index (χ4v) is 4.66. The van der Waals surface area contributed by atoms with E-state index in [-0.39, 0.29) is 19.4 Å². The molecule has 1 N–H and O–H groups in total. The summed E-state index contributed by atoms with van der Waals surface area (Å²) < 4.78 is 52.8. The molecule has 0 spiro atoms. The fourth-order valence-electron chi connectivity index (χ4n) is 2.72. The highest BCUT2D eigenvalue weighted by molar-refractivity contribution is 7.89. The summed E-state index contributed by atoms with van der Waals surface area (Å²) in [5.74, 6) is -3.27. The molecule has 1 saturated heterocycles. The topological polar surface area (TPSA) is 74.7 Å². The van der Waals surface area contributed by atoms with Crippen LogP contribution in [0, 0.1) is 11.6 Å². The first kappa shape index (κ1) is 15.8. The molecule has 1 heterocycles. The molecule has 1 fully saturated rings. The Morgan fingerprint density at radius 2 is 2.10 bits per heavy atom. The summed E-state index contributed by atoms with van der Waals surface area (Å²) in [5.41, 5.74) is -1.60. The minimum atomic E-state index is -4.42. The second-order valence-electron chi connectivity index (χ2n) is 4.95. The number of carbonyl (C=O) groups is 1. The summed E-state index contributed by atoms with van der Waals surface area (Å²) in [5, 5.41) is 9.39. The van der Waals surface area contributed by atoms with Crippen LogP contribution in [0.4, 0.5) is 8.78 Å². The van der Waals surface area contributed by atoms with Crippen LogP contribution in [0.3, 0.4) is 0 Å². The predicted octanol–water partition coefficient (Wildman–Crippen LogP) is 1.98. The summed E-state index contributed by atoms with van der Waals surface area (Å²) in [6.45, 7) is 1.53. The van der Waals surface area contributed by atoms with Crippen molar-refractivity contribution in [3.05, 3.63) is 29.8 Å². The number of rotatable bonds is 4. The van der Waals surface area contributed by atoms with Crippen molar-refractivity contribution in [1.82, 2.24) is 4.31 Å². The van der Waals surface area contributed by atoms with E-state index in [1.165, 1.54) is 0 Å². The summed E-state index contributed by atoms with van der Waals surface area (Å²) >= 11 is 0. The van der Waals surface area contributed by atoms with Crippen LogP contribution in [0.1, 0.15) is 26.2 Å². The molecule has 0 bridgehead atoms. The van der Waals surface area contributed by atoms with Crippen molar-refractivity contribution in [3.8, 4) is 0 Å². The Hall–Kier alpha value is -1.54. The van der Waals surface area contributed by atoms with Crippen LogP contribution in [0.5, 0.6) is 0 Å². The zero-order chi connectivity index (χ0) is 15.8. The monoisotopic (exact) mass is 319 g/mol. The van der Waals surface area contributed by atoms with Gasteiger partial charge < -0.3 is 5.11 Å². The quantitative estimate of drug-likeness (QED) is 0.921. The van der Waals surface area contributed by atoms with E-state index < -0.39 is 38.1 Å². The van der Waals surface area contributed by atoms with Crippen LogP contribution in [0.25, 0.3) is 0 Å². The Bertz CT molecular complexity index is 677. The van der Waals surface area contributed by atoms with Crippen molar-refractivity contribution in [1.29, 1.82) is 0 Å². The lowest BCUT2D eigenvalue weighted by Gasteiger charge is -2.32. The van der Waals surface area contributed by atoms with Gasteiger partial charge in [0.1, 0.15) is 22.1 Å². The van der Waals surface area contributed by atoms with Crippen LogP contribution >= 0.6 is 0 Å². The van der Waals surface area contributed by atoms with Crippen LogP contribution in [-0.4, -0.2) is 35.9 Å². The molecule has 0 aliphatic carbocycles. The second-order valence-corrected chi connectivity index (χ2v) is 6.78. The summed E-state index contributed by atoms with van der Waals surface area (Å²) in [7, 11) is -4.42. The molecule has 1 atom stereocenters. The van der Waals surface area contributed by atoms with Gasteiger partial charge in [-0.2, -0.15) is 4.31 Å². The zero-order valence-corrected chi connectivity index (χ0v) is 12.2. The third-order valence-electron chi connectivity index (χ3n) is 3.87. The molecule has 8 heteroatoms. The number of hydrogen-bond donors (Lipinski definition) is 1. The summed E-state index contributed by atoms with van der Waals surface area (Å²) in [6, 6.07) is 2.10. The smallest absolute Gasteiger partial charge is 0.325 e. The maximum Gasteiger partial charge on any atom is 0.325 e. The Kier molecular flexibility index (Phi) is 4.03. The largest absolute Gasteiger partial charge is 0.480 e. The highest BCUT2D eigenvalue weighted by Crippen LogP contribution is 2.38. The van der Waals surface area contributed by atoms with Gasteiger partial charge in [0.25, 0.3) is 0 Å². The summed E-state index contributed by atoms with van der Waals surface area (Å²) in [4.78, 5) is 10.7. The molecule has 1 aromatic rings. The van der Waals surface area contributed by atoms with Gasteiger partial charge in [-0.3, -0.25) is 4.79 Å². The maximum atomic E-state index is 13.8. The van der Waals surface area contributed by atoms with Crippen molar-refractivity contribution >= 4 is 16.0 Å². The van der Waals surface area contributed by atoms with E-state index in [9.17, 15) is 27.1 Å². The fraction of sp³-hybridized carbons (Fsp3) is 0.462. The number of benzene rings is 1. The van der Waals surface area contributed by atoms with Gasteiger partial charge in [-0.15, -0.1) is 0 Å². The van der Waals surface area contributed by atoms with Crippen LogP contribution in [-0.2, 0) is 14.8 Å². The number of halogens is 2. The lowest BCUT2D eigenvalue weighted by molar-refractivity contribution is -0.147. The van der Waals surface area contributed by atoms with Crippen molar-refractivity contribution in [2.24, 2.45) is 0 Å². The maximum absolute atomic E-state index is 13.8. The molecule has 1 aromatic carbocycles. The number of carboxylic acids is 1. The van der Waals surface area contributed by atoms with E-state index in [0.717, 1.165) is 10.4 Å². The molecule has 2 rings (SSSR count). The van der Waals surface area contributed by atoms with Gasteiger partial charge in [0.15, 0.2) is 0 Å². The van der Waals surface area contributed by atoms with Crippen LogP contribution in [0.2, 0.25) is 0 Å². The van der Waals surface area contributed by atoms with E-state index >= 15 is 0 Å². The normalized spacial score (nSPS) is 23.4. The Labute approximate surface area is 121 Å². The third-order valence-corrected chi connectivity index (χ3v) is 5.85. The van der Waals surface area contributed by atoms with Gasteiger partial charge in [0.05, 0.1) is 0 Å². The highest BCUT2D eigenvalue weighted by atomic mass is 32.2. The standard InChI is InChI=1S/C13H15F2NO4S/c1-2-13(12(17)18)6-3-7-16(13)21(19,20)11-8-9(14)4-5-10(11)15/h4-5,8H,2-3,6-7H2,1H3,(H,17,18). The molecule has 0 aromatic heterocycles. The first-order valence-corrected chi connectivity index (χ1v) is 7.91. The molecule has 1 unspecified atom stereocenters. The average molecular weight is 319 g/mol. The molecule has 0 saturated carbocycles. The van der Waals surface area contributed by atoms with Gasteiger partial charge in [-0.1, -0.05) is 6.92 Å². The predicted molar refractivity (Wildman–Crippen MR) is 70.1 cm³/mol. The van der Waals surface area contributed by atoms with E-state index in [0.29, 0.717) is 18.6 Å². The van der Waals surface area contributed by atoms with E-state index in [2.05, 4.69) is 0 Å². The minimum Gasteiger partial charge on any atom is -0.480 e.